The Bertz CT molecular complexity index is 508. The van der Waals surface area contributed by atoms with Gasteiger partial charge < -0.3 is 20.4 Å². The van der Waals surface area contributed by atoms with Crippen LogP contribution in [0.2, 0.25) is 0 Å². The van der Waals surface area contributed by atoms with E-state index in [9.17, 15) is 9.59 Å². The number of thiazole rings is 1. The molecule has 1 aromatic rings. The number of hydrogen-bond acceptors (Lipinski definition) is 6. The third-order valence-corrected chi connectivity index (χ3v) is 4.19. The lowest BCUT2D eigenvalue weighted by Gasteiger charge is -2.35. The van der Waals surface area contributed by atoms with Crippen molar-refractivity contribution in [3.63, 3.8) is 0 Å². The van der Waals surface area contributed by atoms with E-state index in [2.05, 4.69) is 4.98 Å². The van der Waals surface area contributed by atoms with Gasteiger partial charge >= 0.3 is 0 Å². The molecule has 0 aromatic carbocycles. The third kappa shape index (κ3) is 3.99. The van der Waals surface area contributed by atoms with Gasteiger partial charge in [0.05, 0.1) is 6.54 Å². The molecule has 2 rings (SSSR count). The fourth-order valence-corrected chi connectivity index (χ4v) is 2.84. The van der Waals surface area contributed by atoms with Crippen molar-refractivity contribution in [2.75, 3.05) is 46.8 Å². The minimum Gasteiger partial charge on any atom is -0.338 e. The summed E-state index contributed by atoms with van der Waals surface area (Å²) in [5.41, 5.74) is 5.96. The number of nitrogens with two attached hydrogens (primary N) is 1. The smallest absolute Gasteiger partial charge is 0.273 e. The van der Waals surface area contributed by atoms with Crippen LogP contribution in [-0.2, 0) is 11.3 Å². The molecule has 1 fully saturated rings. The number of carbonyl (C=O) groups excluding carboxylic acids is 2. The van der Waals surface area contributed by atoms with E-state index in [1.165, 1.54) is 11.3 Å². The van der Waals surface area contributed by atoms with Crippen LogP contribution in [0.15, 0.2) is 5.38 Å². The fourth-order valence-electron chi connectivity index (χ4n) is 2.19. The Morgan fingerprint density at radius 3 is 2.43 bits per heavy atom. The van der Waals surface area contributed by atoms with Gasteiger partial charge in [0.2, 0.25) is 5.91 Å². The maximum Gasteiger partial charge on any atom is 0.273 e. The van der Waals surface area contributed by atoms with Crippen molar-refractivity contribution in [2.45, 2.75) is 6.54 Å². The van der Waals surface area contributed by atoms with Crippen LogP contribution in [0, 0.1) is 0 Å². The van der Waals surface area contributed by atoms with Gasteiger partial charge in [-0.05, 0) is 14.1 Å². The second-order valence-corrected chi connectivity index (χ2v) is 6.18. The van der Waals surface area contributed by atoms with Crippen molar-refractivity contribution in [1.82, 2.24) is 19.7 Å². The maximum atomic E-state index is 12.3. The molecular formula is C13H21N5O2S. The highest BCUT2D eigenvalue weighted by Crippen LogP contribution is 2.13. The molecule has 21 heavy (non-hydrogen) atoms. The highest BCUT2D eigenvalue weighted by atomic mass is 32.1. The zero-order valence-electron chi connectivity index (χ0n) is 12.4. The molecular weight excluding hydrogens is 290 g/mol. The summed E-state index contributed by atoms with van der Waals surface area (Å²) in [4.78, 5) is 33.9. The van der Waals surface area contributed by atoms with Crippen LogP contribution in [0.1, 0.15) is 15.5 Å². The lowest BCUT2D eigenvalue weighted by molar-refractivity contribution is -0.133. The SMILES string of the molecule is CN(C)CC(=O)N1CCN(C(=O)c2csc(CN)n2)CC1. The summed E-state index contributed by atoms with van der Waals surface area (Å²) in [7, 11) is 3.74. The van der Waals surface area contributed by atoms with E-state index in [-0.39, 0.29) is 11.8 Å². The van der Waals surface area contributed by atoms with Crippen molar-refractivity contribution in [2.24, 2.45) is 5.73 Å². The summed E-state index contributed by atoms with van der Waals surface area (Å²) in [5.74, 6) is 0.0248. The van der Waals surface area contributed by atoms with Crippen LogP contribution >= 0.6 is 11.3 Å². The molecule has 0 bridgehead atoms. The first-order chi connectivity index (χ1) is 10.0. The standard InChI is InChI=1S/C13H21N5O2S/c1-16(2)8-12(19)17-3-5-18(6-4-17)13(20)10-9-21-11(7-14)15-10/h9H,3-8,14H2,1-2H3. The number of hydrogen-bond donors (Lipinski definition) is 1. The monoisotopic (exact) mass is 311 g/mol. The van der Waals surface area contributed by atoms with E-state index in [4.69, 9.17) is 5.73 Å². The summed E-state index contributed by atoms with van der Waals surface area (Å²) in [6, 6.07) is 0. The van der Waals surface area contributed by atoms with Crippen LogP contribution in [0.4, 0.5) is 0 Å². The Morgan fingerprint density at radius 2 is 1.90 bits per heavy atom. The Balaban J connectivity index is 1.88. The minimum absolute atomic E-state index is 0.0781. The van der Waals surface area contributed by atoms with Crippen LogP contribution in [0.25, 0.3) is 0 Å². The van der Waals surface area contributed by atoms with Gasteiger partial charge in [-0.1, -0.05) is 0 Å². The molecule has 0 unspecified atom stereocenters. The Hall–Kier alpha value is -1.51. The highest BCUT2D eigenvalue weighted by molar-refractivity contribution is 7.09. The first-order valence-electron chi connectivity index (χ1n) is 6.87. The molecule has 2 N–H and O–H groups in total. The first-order valence-corrected chi connectivity index (χ1v) is 7.75. The lowest BCUT2D eigenvalue weighted by atomic mass is 10.2. The minimum atomic E-state index is -0.0781. The van der Waals surface area contributed by atoms with Crippen molar-refractivity contribution < 1.29 is 9.59 Å². The van der Waals surface area contributed by atoms with Crippen LogP contribution < -0.4 is 5.73 Å². The molecule has 1 aliphatic rings. The average Bonchev–Trinajstić information content (AvgIpc) is 2.95. The fraction of sp³-hybridized carbons (Fsp3) is 0.615. The summed E-state index contributed by atoms with van der Waals surface area (Å²) < 4.78 is 0. The molecule has 1 aromatic heterocycles. The molecule has 0 saturated carbocycles. The number of rotatable bonds is 4. The number of nitrogens with zero attached hydrogens (tertiary/aromatic N) is 4. The van der Waals surface area contributed by atoms with E-state index < -0.39 is 0 Å². The van der Waals surface area contributed by atoms with Gasteiger partial charge in [-0.25, -0.2) is 4.98 Å². The molecule has 8 heteroatoms. The van der Waals surface area contributed by atoms with E-state index >= 15 is 0 Å². The van der Waals surface area contributed by atoms with Gasteiger partial charge in [-0.2, -0.15) is 0 Å². The predicted octanol–water partition coefficient (Wildman–Crippen LogP) is -0.552. The van der Waals surface area contributed by atoms with Gasteiger partial charge in [0.15, 0.2) is 0 Å². The Labute approximate surface area is 128 Å². The number of aromatic nitrogens is 1. The van der Waals surface area contributed by atoms with Gasteiger partial charge in [0.25, 0.3) is 5.91 Å². The zero-order chi connectivity index (χ0) is 15.4. The molecule has 2 amide bonds. The van der Waals surface area contributed by atoms with E-state index in [1.807, 2.05) is 19.0 Å². The van der Waals surface area contributed by atoms with E-state index in [1.54, 1.807) is 15.2 Å². The lowest BCUT2D eigenvalue weighted by Crippen LogP contribution is -2.52. The average molecular weight is 311 g/mol. The summed E-state index contributed by atoms with van der Waals surface area (Å²) in [5, 5.41) is 2.51. The number of amides is 2. The zero-order valence-corrected chi connectivity index (χ0v) is 13.2. The summed E-state index contributed by atoms with van der Waals surface area (Å²) >= 11 is 1.40. The molecule has 0 radical (unpaired) electrons. The van der Waals surface area contributed by atoms with E-state index in [0.29, 0.717) is 45.0 Å². The van der Waals surface area contributed by atoms with Crippen molar-refractivity contribution in [3.8, 4) is 0 Å². The predicted molar refractivity (Wildman–Crippen MR) is 81.0 cm³/mol. The normalized spacial score (nSPS) is 15.6. The van der Waals surface area contributed by atoms with Crippen LogP contribution in [0.3, 0.4) is 0 Å². The summed E-state index contributed by atoms with van der Waals surface area (Å²) in [6.07, 6.45) is 0. The quantitative estimate of drug-likeness (QED) is 0.806. The Morgan fingerprint density at radius 1 is 1.29 bits per heavy atom. The molecule has 1 aliphatic heterocycles. The first kappa shape index (κ1) is 15.9. The van der Waals surface area contributed by atoms with Crippen LogP contribution in [-0.4, -0.2) is 78.3 Å². The number of piperazine rings is 1. The maximum absolute atomic E-state index is 12.3. The topological polar surface area (TPSA) is 82.8 Å². The largest absolute Gasteiger partial charge is 0.338 e. The number of carbonyl (C=O) groups is 2. The number of likely N-dealkylation sites (N-methyl/N-ethyl adjacent to an activating group) is 1. The second-order valence-electron chi connectivity index (χ2n) is 5.24. The second kappa shape index (κ2) is 6.97. The molecule has 116 valence electrons. The Kier molecular flexibility index (Phi) is 5.27. The van der Waals surface area contributed by atoms with Crippen LogP contribution in [0.5, 0.6) is 0 Å². The summed E-state index contributed by atoms with van der Waals surface area (Å²) in [6.45, 7) is 3.00. The molecule has 0 atom stereocenters. The molecule has 0 spiro atoms. The van der Waals surface area contributed by atoms with Crippen molar-refractivity contribution in [1.29, 1.82) is 0 Å². The van der Waals surface area contributed by atoms with Crippen molar-refractivity contribution in [3.05, 3.63) is 16.1 Å². The molecule has 2 heterocycles. The highest BCUT2D eigenvalue weighted by Gasteiger charge is 2.26. The molecule has 7 nitrogen and oxygen atoms in total. The van der Waals surface area contributed by atoms with Gasteiger partial charge in [0.1, 0.15) is 10.7 Å². The third-order valence-electron chi connectivity index (χ3n) is 3.32. The van der Waals surface area contributed by atoms with Gasteiger partial charge in [0, 0.05) is 38.1 Å². The van der Waals surface area contributed by atoms with Crippen molar-refractivity contribution >= 4 is 23.2 Å². The van der Waals surface area contributed by atoms with E-state index in [0.717, 1.165) is 5.01 Å². The van der Waals surface area contributed by atoms with Gasteiger partial charge in [-0.15, -0.1) is 11.3 Å². The molecule has 0 aliphatic carbocycles. The van der Waals surface area contributed by atoms with Gasteiger partial charge in [-0.3, -0.25) is 9.59 Å². The molecule has 1 saturated heterocycles.